The highest BCUT2D eigenvalue weighted by Gasteiger charge is 2.25. The largest absolute Gasteiger partial charge is 0.312 e. The third-order valence-corrected chi connectivity index (χ3v) is 3.88. The molecular weight excluding hydrogens is 234 g/mol. The van der Waals surface area contributed by atoms with Crippen molar-refractivity contribution in [2.45, 2.75) is 65.5 Å². The molecule has 0 unspecified atom stereocenters. The van der Waals surface area contributed by atoms with Crippen LogP contribution in [0.2, 0.25) is 0 Å². The summed E-state index contributed by atoms with van der Waals surface area (Å²) in [4.78, 5) is 5.23. The summed E-state index contributed by atoms with van der Waals surface area (Å²) in [5, 5.41) is 3.56. The van der Waals surface area contributed by atoms with Crippen molar-refractivity contribution in [2.24, 2.45) is 0 Å². The maximum absolute atomic E-state index is 3.56. The second-order valence-corrected chi connectivity index (χ2v) is 7.88. The maximum Gasteiger partial charge on any atom is 0.0126 e. The highest BCUT2D eigenvalue weighted by molar-refractivity contribution is 4.81. The maximum atomic E-state index is 3.56. The zero-order valence-corrected chi connectivity index (χ0v) is 14.1. The Morgan fingerprint density at radius 2 is 1.42 bits per heavy atom. The normalized spacial score (nSPS) is 19.9. The quantitative estimate of drug-likeness (QED) is 0.774. The van der Waals surface area contributed by atoms with Gasteiger partial charge in [0.1, 0.15) is 0 Å². The topological polar surface area (TPSA) is 18.5 Å². The smallest absolute Gasteiger partial charge is 0.0126 e. The molecule has 1 saturated heterocycles. The zero-order valence-electron chi connectivity index (χ0n) is 14.1. The van der Waals surface area contributed by atoms with Crippen LogP contribution in [-0.4, -0.2) is 60.1 Å². The summed E-state index contributed by atoms with van der Waals surface area (Å²) in [6, 6.07) is 0. The lowest BCUT2D eigenvalue weighted by molar-refractivity contribution is 0.0616. The molecule has 1 fully saturated rings. The molecule has 19 heavy (non-hydrogen) atoms. The van der Waals surface area contributed by atoms with Crippen molar-refractivity contribution in [1.29, 1.82) is 0 Å². The van der Waals surface area contributed by atoms with Crippen molar-refractivity contribution in [3.05, 3.63) is 0 Å². The Bertz CT molecular complexity index is 242. The van der Waals surface area contributed by atoms with E-state index in [1.807, 2.05) is 0 Å². The van der Waals surface area contributed by atoms with Crippen LogP contribution in [0.3, 0.4) is 0 Å². The molecule has 0 aromatic carbocycles. The summed E-state index contributed by atoms with van der Waals surface area (Å²) < 4.78 is 0. The molecule has 0 amide bonds. The molecule has 0 aromatic heterocycles. The molecule has 1 aliphatic rings. The number of unbranched alkanes of at least 4 members (excludes halogenated alkanes) is 1. The number of rotatable bonds is 5. The molecule has 0 radical (unpaired) electrons. The molecule has 3 nitrogen and oxygen atoms in total. The fraction of sp³-hybridized carbons (Fsp3) is 1.00. The van der Waals surface area contributed by atoms with Crippen LogP contribution in [0.1, 0.15) is 54.4 Å². The molecule has 0 aliphatic carbocycles. The minimum Gasteiger partial charge on any atom is -0.312 e. The molecule has 1 N–H and O–H groups in total. The van der Waals surface area contributed by atoms with Crippen molar-refractivity contribution in [3.63, 3.8) is 0 Å². The average molecular weight is 269 g/mol. The Morgan fingerprint density at radius 3 is 1.89 bits per heavy atom. The summed E-state index contributed by atoms with van der Waals surface area (Å²) >= 11 is 0. The van der Waals surface area contributed by atoms with E-state index in [1.165, 1.54) is 45.6 Å². The van der Waals surface area contributed by atoms with Gasteiger partial charge in [-0.1, -0.05) is 0 Å². The molecule has 0 saturated carbocycles. The Balaban J connectivity index is 2.07. The van der Waals surface area contributed by atoms with Gasteiger partial charge >= 0.3 is 0 Å². The lowest BCUT2D eigenvalue weighted by atomic mass is 10.0. The van der Waals surface area contributed by atoms with E-state index in [0.29, 0.717) is 5.54 Å². The van der Waals surface area contributed by atoms with Crippen LogP contribution in [0.5, 0.6) is 0 Å². The third-order valence-electron chi connectivity index (χ3n) is 3.88. The van der Waals surface area contributed by atoms with E-state index in [0.717, 1.165) is 6.54 Å². The van der Waals surface area contributed by atoms with Crippen molar-refractivity contribution >= 4 is 0 Å². The SMILES string of the molecule is CC(C)(C)NCCCCN1CCN(C(C)(C)C)CC1. The predicted octanol–water partition coefficient (Wildman–Crippen LogP) is 2.57. The van der Waals surface area contributed by atoms with Crippen molar-refractivity contribution < 1.29 is 0 Å². The third kappa shape index (κ3) is 7.28. The number of hydrogen-bond donors (Lipinski definition) is 1. The summed E-state index contributed by atoms with van der Waals surface area (Å²) in [5.41, 5.74) is 0.598. The summed E-state index contributed by atoms with van der Waals surface area (Å²) in [6.45, 7) is 21.0. The van der Waals surface area contributed by atoms with E-state index >= 15 is 0 Å². The second-order valence-electron chi connectivity index (χ2n) is 7.88. The van der Waals surface area contributed by atoms with Crippen molar-refractivity contribution in [3.8, 4) is 0 Å². The molecule has 3 heteroatoms. The van der Waals surface area contributed by atoms with E-state index in [2.05, 4.69) is 56.7 Å². The van der Waals surface area contributed by atoms with Crippen LogP contribution in [0.4, 0.5) is 0 Å². The lowest BCUT2D eigenvalue weighted by Crippen LogP contribution is -2.53. The first-order valence-corrected chi connectivity index (χ1v) is 7.91. The monoisotopic (exact) mass is 269 g/mol. The number of nitrogens with zero attached hydrogens (tertiary/aromatic N) is 2. The van der Waals surface area contributed by atoms with Gasteiger partial charge in [-0.2, -0.15) is 0 Å². The minimum atomic E-state index is 0.262. The Kier molecular flexibility index (Phi) is 6.28. The Hall–Kier alpha value is -0.120. The van der Waals surface area contributed by atoms with Gasteiger partial charge in [0.25, 0.3) is 0 Å². The van der Waals surface area contributed by atoms with Crippen molar-refractivity contribution in [2.75, 3.05) is 39.3 Å². The van der Waals surface area contributed by atoms with Gasteiger partial charge in [0.05, 0.1) is 0 Å². The van der Waals surface area contributed by atoms with Gasteiger partial charge in [-0.05, 0) is 67.5 Å². The number of hydrogen-bond acceptors (Lipinski definition) is 3. The fourth-order valence-electron chi connectivity index (χ4n) is 2.57. The first-order valence-electron chi connectivity index (χ1n) is 7.91. The van der Waals surface area contributed by atoms with Gasteiger partial charge in [0, 0.05) is 37.3 Å². The van der Waals surface area contributed by atoms with Crippen LogP contribution in [0.15, 0.2) is 0 Å². The molecule has 1 heterocycles. The highest BCUT2D eigenvalue weighted by Crippen LogP contribution is 2.15. The van der Waals surface area contributed by atoms with Gasteiger partial charge in [-0.15, -0.1) is 0 Å². The Labute approximate surface area is 120 Å². The summed E-state index contributed by atoms with van der Waals surface area (Å²) in [5.74, 6) is 0. The van der Waals surface area contributed by atoms with Crippen LogP contribution in [-0.2, 0) is 0 Å². The van der Waals surface area contributed by atoms with Gasteiger partial charge < -0.3 is 10.2 Å². The molecule has 0 spiro atoms. The second kappa shape index (κ2) is 7.05. The first-order chi connectivity index (χ1) is 8.68. The molecule has 1 aliphatic heterocycles. The van der Waals surface area contributed by atoms with Crippen LogP contribution >= 0.6 is 0 Å². The van der Waals surface area contributed by atoms with E-state index in [9.17, 15) is 0 Å². The number of piperazine rings is 1. The van der Waals surface area contributed by atoms with E-state index < -0.39 is 0 Å². The molecule has 0 aromatic rings. The molecule has 0 bridgehead atoms. The van der Waals surface area contributed by atoms with Crippen LogP contribution in [0.25, 0.3) is 0 Å². The summed E-state index contributed by atoms with van der Waals surface area (Å²) in [7, 11) is 0. The van der Waals surface area contributed by atoms with Gasteiger partial charge in [-0.3, -0.25) is 4.90 Å². The molecule has 1 rings (SSSR count). The van der Waals surface area contributed by atoms with Gasteiger partial charge in [0.2, 0.25) is 0 Å². The van der Waals surface area contributed by atoms with Gasteiger partial charge in [-0.25, -0.2) is 0 Å². The number of nitrogens with one attached hydrogen (secondary N) is 1. The molecule has 114 valence electrons. The zero-order chi connectivity index (χ0) is 14.5. The van der Waals surface area contributed by atoms with E-state index in [1.54, 1.807) is 0 Å². The first kappa shape index (κ1) is 16.9. The van der Waals surface area contributed by atoms with Gasteiger partial charge in [0.15, 0.2) is 0 Å². The predicted molar refractivity (Wildman–Crippen MR) is 84.8 cm³/mol. The van der Waals surface area contributed by atoms with Crippen molar-refractivity contribution in [1.82, 2.24) is 15.1 Å². The van der Waals surface area contributed by atoms with E-state index in [4.69, 9.17) is 0 Å². The fourth-order valence-corrected chi connectivity index (χ4v) is 2.57. The average Bonchev–Trinajstić information content (AvgIpc) is 2.26. The standard InChI is InChI=1S/C16H35N3/c1-15(2,3)17-9-7-8-10-18-11-13-19(14-12-18)16(4,5)6/h17H,7-14H2,1-6H3. The molecule has 0 atom stereocenters. The summed E-state index contributed by atoms with van der Waals surface area (Å²) in [6.07, 6.45) is 2.61. The minimum absolute atomic E-state index is 0.262. The molecular formula is C16H35N3. The lowest BCUT2D eigenvalue weighted by Gasteiger charge is -2.42. The van der Waals surface area contributed by atoms with E-state index in [-0.39, 0.29) is 5.54 Å². The van der Waals surface area contributed by atoms with Crippen LogP contribution in [0, 0.1) is 0 Å². The highest BCUT2D eigenvalue weighted by atomic mass is 15.3. The Morgan fingerprint density at radius 1 is 0.842 bits per heavy atom. The van der Waals surface area contributed by atoms with Crippen LogP contribution < -0.4 is 5.32 Å².